The van der Waals surface area contributed by atoms with Crippen LogP contribution in [0.4, 0.5) is 4.39 Å². The van der Waals surface area contributed by atoms with E-state index in [4.69, 9.17) is 11.6 Å². The fourth-order valence-corrected chi connectivity index (χ4v) is 1.69. The number of aromatic nitrogens is 1. The van der Waals surface area contributed by atoms with E-state index in [-0.39, 0.29) is 5.02 Å². The maximum atomic E-state index is 13.4. The van der Waals surface area contributed by atoms with Gasteiger partial charge in [-0.25, -0.2) is 4.39 Å². The summed E-state index contributed by atoms with van der Waals surface area (Å²) in [5.41, 5.74) is 0.302. The normalized spacial score (nSPS) is 10.7. The van der Waals surface area contributed by atoms with E-state index in [1.807, 2.05) is 0 Å². The molecule has 1 aromatic carbocycles. The second-order valence-corrected chi connectivity index (χ2v) is 3.79. The molecule has 1 heterocycles. The minimum atomic E-state index is -0.480. The lowest BCUT2D eigenvalue weighted by Crippen LogP contribution is -1.86. The highest BCUT2D eigenvalue weighted by atomic mass is 79.9. The summed E-state index contributed by atoms with van der Waals surface area (Å²) in [5, 5.41) is 0.808. The molecule has 0 fully saturated rings. The number of fused-ring (bicyclic) bond motifs is 1. The highest BCUT2D eigenvalue weighted by Crippen LogP contribution is 2.30. The second-order valence-electron chi connectivity index (χ2n) is 2.56. The quantitative estimate of drug-likeness (QED) is 0.657. The van der Waals surface area contributed by atoms with Crippen LogP contribution in [-0.2, 0) is 0 Å². The number of rotatable bonds is 0. The van der Waals surface area contributed by atoms with E-state index >= 15 is 0 Å². The third-order valence-electron chi connectivity index (χ3n) is 1.73. The maximum absolute atomic E-state index is 13.4. The lowest BCUT2D eigenvalue weighted by atomic mass is 10.2. The van der Waals surface area contributed by atoms with Crippen LogP contribution in [0.25, 0.3) is 10.9 Å². The number of hydrogen-bond donors (Lipinski definition) is 0. The molecule has 0 spiro atoms. The molecule has 66 valence electrons. The van der Waals surface area contributed by atoms with Gasteiger partial charge in [-0.1, -0.05) is 17.7 Å². The van der Waals surface area contributed by atoms with Crippen molar-refractivity contribution < 1.29 is 4.39 Å². The summed E-state index contributed by atoms with van der Waals surface area (Å²) in [4.78, 5) is 3.90. The molecular weight excluding hydrogens is 256 g/mol. The van der Waals surface area contributed by atoms with Crippen LogP contribution in [0.15, 0.2) is 28.9 Å². The molecule has 0 unspecified atom stereocenters. The van der Waals surface area contributed by atoms with E-state index < -0.39 is 5.82 Å². The van der Waals surface area contributed by atoms with Gasteiger partial charge in [-0.3, -0.25) is 4.98 Å². The molecule has 0 saturated heterocycles. The highest BCUT2D eigenvalue weighted by Gasteiger charge is 2.09. The fraction of sp³-hybridized carbons (Fsp3) is 0. The van der Waals surface area contributed by atoms with Crippen molar-refractivity contribution in [2.45, 2.75) is 0 Å². The lowest BCUT2D eigenvalue weighted by molar-refractivity contribution is 0.636. The molecule has 0 aliphatic heterocycles. The van der Waals surface area contributed by atoms with Crippen molar-refractivity contribution in [3.63, 3.8) is 0 Å². The largest absolute Gasteiger partial charge is 0.253 e. The van der Waals surface area contributed by atoms with Crippen molar-refractivity contribution >= 4 is 38.4 Å². The van der Waals surface area contributed by atoms with Crippen molar-refractivity contribution in [1.82, 2.24) is 4.98 Å². The van der Waals surface area contributed by atoms with Crippen molar-refractivity contribution in [1.29, 1.82) is 0 Å². The average molecular weight is 260 g/mol. The van der Waals surface area contributed by atoms with Gasteiger partial charge in [-0.05, 0) is 28.1 Å². The van der Waals surface area contributed by atoms with Gasteiger partial charge in [-0.2, -0.15) is 0 Å². The minimum Gasteiger partial charge on any atom is -0.253 e. The number of nitrogens with zero attached hydrogens (tertiary/aromatic N) is 1. The smallest absolute Gasteiger partial charge is 0.169 e. The van der Waals surface area contributed by atoms with E-state index in [9.17, 15) is 4.39 Å². The third kappa shape index (κ3) is 1.42. The van der Waals surface area contributed by atoms with Gasteiger partial charge in [0.2, 0.25) is 0 Å². The maximum Gasteiger partial charge on any atom is 0.169 e. The van der Waals surface area contributed by atoms with E-state index in [1.165, 1.54) is 6.20 Å². The summed E-state index contributed by atoms with van der Waals surface area (Å²) in [6.45, 7) is 0. The van der Waals surface area contributed by atoms with Crippen molar-refractivity contribution in [3.05, 3.63) is 39.7 Å². The molecule has 1 nitrogen and oxygen atoms in total. The van der Waals surface area contributed by atoms with Crippen LogP contribution >= 0.6 is 27.5 Å². The standard InChI is InChI=1S/C9H4BrClFN/c10-6-4-5-2-1-3-13-9(5)8(12)7(6)11/h1-4H. The Labute approximate surface area is 87.7 Å². The average Bonchev–Trinajstić information content (AvgIpc) is 2.15. The number of benzene rings is 1. The van der Waals surface area contributed by atoms with Crippen molar-refractivity contribution in [2.24, 2.45) is 0 Å². The molecule has 2 aromatic rings. The summed E-state index contributed by atoms with van der Waals surface area (Å²) in [7, 11) is 0. The lowest BCUT2D eigenvalue weighted by Gasteiger charge is -2.01. The molecule has 0 aliphatic rings. The van der Waals surface area contributed by atoms with Crippen LogP contribution in [0.5, 0.6) is 0 Å². The van der Waals surface area contributed by atoms with Gasteiger partial charge < -0.3 is 0 Å². The Kier molecular flexibility index (Phi) is 2.22. The first-order valence-corrected chi connectivity index (χ1v) is 4.75. The molecule has 0 N–H and O–H groups in total. The Morgan fingerprint density at radius 3 is 3.00 bits per heavy atom. The second kappa shape index (κ2) is 3.24. The Hall–Kier alpha value is -0.670. The van der Waals surface area contributed by atoms with Gasteiger partial charge in [0.15, 0.2) is 5.82 Å². The third-order valence-corrected chi connectivity index (χ3v) is 2.95. The predicted octanol–water partition coefficient (Wildman–Crippen LogP) is 3.79. The van der Waals surface area contributed by atoms with Crippen LogP contribution in [0, 0.1) is 5.82 Å². The molecule has 4 heteroatoms. The van der Waals surface area contributed by atoms with E-state index in [0.717, 1.165) is 5.39 Å². The molecule has 0 radical (unpaired) electrons. The zero-order valence-electron chi connectivity index (χ0n) is 6.39. The zero-order valence-corrected chi connectivity index (χ0v) is 8.73. The molecule has 0 aliphatic carbocycles. The summed E-state index contributed by atoms with van der Waals surface area (Å²) >= 11 is 8.86. The molecule has 0 bridgehead atoms. The number of hydrogen-bond acceptors (Lipinski definition) is 1. The van der Waals surface area contributed by atoms with Crippen LogP contribution < -0.4 is 0 Å². The number of pyridine rings is 1. The van der Waals surface area contributed by atoms with Gasteiger partial charge in [0.25, 0.3) is 0 Å². The summed E-state index contributed by atoms with van der Waals surface area (Å²) in [6, 6.07) is 5.28. The molecule has 1 aromatic heterocycles. The van der Waals surface area contributed by atoms with Crippen molar-refractivity contribution in [2.75, 3.05) is 0 Å². The minimum absolute atomic E-state index is 0.0752. The topological polar surface area (TPSA) is 12.9 Å². The van der Waals surface area contributed by atoms with E-state index in [0.29, 0.717) is 9.99 Å². The van der Waals surface area contributed by atoms with Crippen molar-refractivity contribution in [3.8, 4) is 0 Å². The Bertz CT molecular complexity index is 472. The summed E-state index contributed by atoms with van der Waals surface area (Å²) < 4.78 is 14.0. The monoisotopic (exact) mass is 259 g/mol. The molecule has 13 heavy (non-hydrogen) atoms. The molecular formula is C9H4BrClFN. The van der Waals surface area contributed by atoms with Crippen LogP contribution in [-0.4, -0.2) is 4.98 Å². The molecule has 2 rings (SSSR count). The summed E-state index contributed by atoms with van der Waals surface area (Å²) in [5.74, 6) is -0.480. The zero-order chi connectivity index (χ0) is 9.42. The SMILES string of the molecule is Fc1c(Cl)c(Br)cc2cccnc12. The van der Waals surface area contributed by atoms with Gasteiger partial charge in [0, 0.05) is 16.1 Å². The van der Waals surface area contributed by atoms with Crippen LogP contribution in [0.3, 0.4) is 0 Å². The predicted molar refractivity (Wildman–Crippen MR) is 54.4 cm³/mol. The molecule has 0 amide bonds. The van der Waals surface area contributed by atoms with Crippen LogP contribution in [0.2, 0.25) is 5.02 Å². The first-order chi connectivity index (χ1) is 6.20. The van der Waals surface area contributed by atoms with E-state index in [1.54, 1.807) is 18.2 Å². The van der Waals surface area contributed by atoms with E-state index in [2.05, 4.69) is 20.9 Å². The summed E-state index contributed by atoms with van der Waals surface area (Å²) in [6.07, 6.45) is 1.54. The Morgan fingerprint density at radius 2 is 2.23 bits per heavy atom. The van der Waals surface area contributed by atoms with Gasteiger partial charge in [0.1, 0.15) is 5.52 Å². The van der Waals surface area contributed by atoms with Gasteiger partial charge in [0.05, 0.1) is 5.02 Å². The van der Waals surface area contributed by atoms with Gasteiger partial charge >= 0.3 is 0 Å². The Morgan fingerprint density at radius 1 is 1.46 bits per heavy atom. The fourth-order valence-electron chi connectivity index (χ4n) is 1.13. The molecule has 0 atom stereocenters. The highest BCUT2D eigenvalue weighted by molar-refractivity contribution is 9.10. The first kappa shape index (κ1) is 8.91. The van der Waals surface area contributed by atoms with Crippen LogP contribution in [0.1, 0.15) is 0 Å². The van der Waals surface area contributed by atoms with Gasteiger partial charge in [-0.15, -0.1) is 0 Å². The Balaban J connectivity index is 2.94. The number of halogens is 3. The molecule has 0 saturated carbocycles. The first-order valence-electron chi connectivity index (χ1n) is 3.58.